The van der Waals surface area contributed by atoms with Crippen LogP contribution in [0.15, 0.2) is 36.4 Å². The summed E-state index contributed by atoms with van der Waals surface area (Å²) >= 11 is 0. The number of hydrogen-bond donors (Lipinski definition) is 0. The van der Waals surface area contributed by atoms with Gasteiger partial charge in [-0.3, -0.25) is 0 Å². The summed E-state index contributed by atoms with van der Waals surface area (Å²) in [5.74, 6) is -2.11. The zero-order valence-corrected chi connectivity index (χ0v) is 14.4. The smallest absolute Gasteiger partial charge is 0.456 e. The van der Waals surface area contributed by atoms with Crippen LogP contribution in [0.4, 0.5) is 18.9 Å². The summed E-state index contributed by atoms with van der Waals surface area (Å²) in [6.07, 6.45) is -3.21. The van der Waals surface area contributed by atoms with Crippen LogP contribution in [-0.2, 0) is 9.53 Å². The molecule has 0 spiro atoms. The van der Waals surface area contributed by atoms with Crippen LogP contribution in [0.25, 0.3) is 10.8 Å². The van der Waals surface area contributed by atoms with Gasteiger partial charge in [-0.15, -0.1) is 0 Å². The Labute approximate surface area is 154 Å². The molecule has 2 heterocycles. The fourth-order valence-electron chi connectivity index (χ4n) is 4.44. The summed E-state index contributed by atoms with van der Waals surface area (Å²) in [7, 11) is 0. The van der Waals surface area contributed by atoms with Gasteiger partial charge in [-0.2, -0.15) is 18.4 Å². The lowest BCUT2D eigenvalue weighted by Crippen LogP contribution is -2.47. The number of nitriles is 1. The first-order valence-electron chi connectivity index (χ1n) is 8.86. The van der Waals surface area contributed by atoms with Crippen molar-refractivity contribution >= 4 is 22.4 Å². The Bertz CT molecular complexity index is 921. The molecule has 0 radical (unpaired) electrons. The number of carbonyl (C=O) groups excluding carboxylic acids is 1. The average molecular weight is 374 g/mol. The number of nitrogens with zero attached hydrogens (tertiary/aromatic N) is 2. The van der Waals surface area contributed by atoms with Crippen molar-refractivity contribution in [3.05, 3.63) is 42.0 Å². The van der Waals surface area contributed by atoms with Crippen LogP contribution in [0.2, 0.25) is 0 Å². The van der Waals surface area contributed by atoms with Crippen LogP contribution in [0, 0.1) is 11.3 Å². The summed E-state index contributed by atoms with van der Waals surface area (Å²) in [6.45, 7) is 0. The Morgan fingerprint density at radius 3 is 2.30 bits per heavy atom. The van der Waals surface area contributed by atoms with Gasteiger partial charge in [0.1, 0.15) is 6.10 Å². The fourth-order valence-corrected chi connectivity index (χ4v) is 4.44. The Morgan fingerprint density at radius 1 is 1.07 bits per heavy atom. The molecule has 0 aromatic heterocycles. The molecule has 2 aromatic carbocycles. The normalized spacial score (nSPS) is 24.7. The molecule has 2 aliphatic heterocycles. The van der Waals surface area contributed by atoms with Crippen molar-refractivity contribution in [3.63, 3.8) is 0 Å². The molecule has 2 aliphatic rings. The molecule has 0 amide bonds. The maximum Gasteiger partial charge on any atom is 0.490 e. The molecule has 0 aliphatic carbocycles. The van der Waals surface area contributed by atoms with E-state index in [0.717, 1.165) is 29.3 Å². The van der Waals surface area contributed by atoms with E-state index in [2.05, 4.69) is 11.0 Å². The minimum Gasteiger partial charge on any atom is -0.456 e. The predicted molar refractivity (Wildman–Crippen MR) is 93.1 cm³/mol. The molecule has 4 nitrogen and oxygen atoms in total. The summed E-state index contributed by atoms with van der Waals surface area (Å²) in [4.78, 5) is 13.4. The van der Waals surface area contributed by atoms with E-state index in [0.29, 0.717) is 18.4 Å². The molecule has 2 bridgehead atoms. The van der Waals surface area contributed by atoms with Gasteiger partial charge in [0.15, 0.2) is 0 Å². The topological polar surface area (TPSA) is 53.3 Å². The largest absolute Gasteiger partial charge is 0.490 e. The van der Waals surface area contributed by atoms with Crippen molar-refractivity contribution in [1.82, 2.24) is 0 Å². The maximum absolute atomic E-state index is 12.5. The van der Waals surface area contributed by atoms with Crippen LogP contribution >= 0.6 is 0 Å². The number of ether oxygens (including phenoxy) is 1. The van der Waals surface area contributed by atoms with E-state index in [1.54, 1.807) is 6.07 Å². The number of esters is 1. The lowest BCUT2D eigenvalue weighted by atomic mass is 9.96. The highest BCUT2D eigenvalue weighted by Crippen LogP contribution is 2.43. The maximum atomic E-state index is 12.5. The van der Waals surface area contributed by atoms with Crippen LogP contribution in [-0.4, -0.2) is 30.3 Å². The Hall–Kier alpha value is -2.75. The van der Waals surface area contributed by atoms with Gasteiger partial charge in [0, 0.05) is 41.4 Å². The number of halogens is 3. The van der Waals surface area contributed by atoms with Crippen molar-refractivity contribution in [1.29, 1.82) is 5.26 Å². The molecule has 2 atom stereocenters. The molecule has 27 heavy (non-hydrogen) atoms. The van der Waals surface area contributed by atoms with Gasteiger partial charge in [0.2, 0.25) is 0 Å². The van der Waals surface area contributed by atoms with Gasteiger partial charge in [0.25, 0.3) is 0 Å². The Morgan fingerprint density at radius 2 is 1.70 bits per heavy atom. The highest BCUT2D eigenvalue weighted by Gasteiger charge is 2.47. The SMILES string of the molecule is N#Cc1ccc(N2C3CCC2CC(OC(=O)C(F)(F)F)C3)c2ccccc12. The quantitative estimate of drug-likeness (QED) is 0.735. The third kappa shape index (κ3) is 3.09. The number of fused-ring (bicyclic) bond motifs is 3. The first kappa shape index (κ1) is 17.7. The van der Waals surface area contributed by atoms with E-state index in [4.69, 9.17) is 4.74 Å². The lowest BCUT2D eigenvalue weighted by molar-refractivity contribution is -0.206. The van der Waals surface area contributed by atoms with E-state index in [9.17, 15) is 23.2 Å². The number of piperidine rings is 1. The van der Waals surface area contributed by atoms with Gasteiger partial charge in [0.05, 0.1) is 11.6 Å². The van der Waals surface area contributed by atoms with Crippen LogP contribution < -0.4 is 4.90 Å². The molecule has 2 fully saturated rings. The highest BCUT2D eigenvalue weighted by atomic mass is 19.4. The summed E-state index contributed by atoms with van der Waals surface area (Å²) in [6, 6.07) is 13.6. The highest BCUT2D eigenvalue weighted by molar-refractivity contribution is 5.98. The van der Waals surface area contributed by atoms with E-state index in [1.807, 2.05) is 30.3 Å². The first-order chi connectivity index (χ1) is 12.9. The van der Waals surface area contributed by atoms with Gasteiger partial charge < -0.3 is 9.64 Å². The van der Waals surface area contributed by atoms with E-state index in [1.165, 1.54) is 0 Å². The minimum atomic E-state index is -4.96. The summed E-state index contributed by atoms with van der Waals surface area (Å²) < 4.78 is 42.2. The van der Waals surface area contributed by atoms with Crippen LogP contribution in [0.3, 0.4) is 0 Å². The molecule has 2 unspecified atom stereocenters. The second kappa shape index (κ2) is 6.45. The van der Waals surface area contributed by atoms with E-state index >= 15 is 0 Å². The molecule has 2 saturated heterocycles. The number of carbonyl (C=O) groups is 1. The van der Waals surface area contributed by atoms with Crippen molar-refractivity contribution in [3.8, 4) is 6.07 Å². The number of hydrogen-bond acceptors (Lipinski definition) is 4. The molecule has 2 aromatic rings. The van der Waals surface area contributed by atoms with Crippen molar-refractivity contribution in [2.75, 3.05) is 4.90 Å². The Balaban J connectivity index is 1.62. The van der Waals surface area contributed by atoms with Gasteiger partial charge in [-0.25, -0.2) is 4.79 Å². The molecular weight excluding hydrogens is 357 g/mol. The summed E-state index contributed by atoms with van der Waals surface area (Å²) in [5.41, 5.74) is 1.58. The second-order valence-electron chi connectivity index (χ2n) is 7.08. The first-order valence-corrected chi connectivity index (χ1v) is 8.86. The molecule has 4 rings (SSSR count). The third-order valence-corrected chi connectivity index (χ3v) is 5.49. The van der Waals surface area contributed by atoms with Crippen LogP contribution in [0.5, 0.6) is 0 Å². The molecule has 0 N–H and O–H groups in total. The number of rotatable bonds is 2. The van der Waals surface area contributed by atoms with Crippen molar-refractivity contribution in [2.24, 2.45) is 0 Å². The van der Waals surface area contributed by atoms with Gasteiger partial charge >= 0.3 is 12.1 Å². The second-order valence-corrected chi connectivity index (χ2v) is 7.08. The number of anilines is 1. The molecule has 140 valence electrons. The standard InChI is InChI=1S/C20H17F3N2O2/c21-20(22,23)19(26)27-15-9-13-6-7-14(10-15)25(13)18-8-5-12(11-24)16-3-1-2-4-17(16)18/h1-5,8,13-15H,6-7,9-10H2. The number of benzene rings is 2. The molecular formula is C20H17F3N2O2. The molecule has 7 heteroatoms. The summed E-state index contributed by atoms with van der Waals surface area (Å²) in [5, 5.41) is 11.2. The average Bonchev–Trinajstić information content (AvgIpc) is 2.90. The van der Waals surface area contributed by atoms with E-state index < -0.39 is 18.2 Å². The fraction of sp³-hybridized carbons (Fsp3) is 0.400. The molecule has 0 saturated carbocycles. The van der Waals surface area contributed by atoms with Gasteiger partial charge in [-0.05, 0) is 25.0 Å². The van der Waals surface area contributed by atoms with Crippen molar-refractivity contribution < 1.29 is 22.7 Å². The number of alkyl halides is 3. The monoisotopic (exact) mass is 374 g/mol. The van der Waals surface area contributed by atoms with Crippen molar-refractivity contribution in [2.45, 2.75) is 50.0 Å². The van der Waals surface area contributed by atoms with E-state index in [-0.39, 0.29) is 12.1 Å². The lowest BCUT2D eigenvalue weighted by Gasteiger charge is -2.40. The van der Waals surface area contributed by atoms with Crippen LogP contribution in [0.1, 0.15) is 31.2 Å². The van der Waals surface area contributed by atoms with Gasteiger partial charge in [-0.1, -0.05) is 24.3 Å². The predicted octanol–water partition coefficient (Wildman–Crippen LogP) is 4.32. The third-order valence-electron chi connectivity index (χ3n) is 5.49. The Kier molecular flexibility index (Phi) is 4.22. The zero-order valence-electron chi connectivity index (χ0n) is 14.4. The zero-order chi connectivity index (χ0) is 19.2. The minimum absolute atomic E-state index is 0.0196.